The first-order chi connectivity index (χ1) is 20.6. The number of aromatic nitrogens is 2. The van der Waals surface area contributed by atoms with Gasteiger partial charge in [-0.2, -0.15) is 13.2 Å². The highest BCUT2D eigenvalue weighted by Crippen LogP contribution is 2.39. The third-order valence-corrected chi connectivity index (χ3v) is 7.99. The smallest absolute Gasteiger partial charge is 0.447 e. The number of nitrogens with one attached hydrogen (secondary N) is 3. The number of ether oxygens (including phenoxy) is 2. The highest BCUT2D eigenvalue weighted by Gasteiger charge is 2.33. The van der Waals surface area contributed by atoms with Crippen molar-refractivity contribution in [3.8, 4) is 17.6 Å². The summed E-state index contributed by atoms with van der Waals surface area (Å²) in [4.78, 5) is 19.3. The molecule has 4 heterocycles. The number of carbonyl (C=O) groups excluding carboxylic acids is 1. The molecule has 14 heteroatoms. The molecule has 2 aliphatic heterocycles. The second-order valence-electron chi connectivity index (χ2n) is 10.4. The van der Waals surface area contributed by atoms with Crippen LogP contribution in [0.3, 0.4) is 0 Å². The van der Waals surface area contributed by atoms with Crippen LogP contribution < -0.4 is 20.7 Å². The zero-order valence-corrected chi connectivity index (χ0v) is 24.4. The Morgan fingerprint density at radius 2 is 2.07 bits per heavy atom. The molecule has 230 valence electrons. The summed E-state index contributed by atoms with van der Waals surface area (Å²) in [5.74, 6) is 6.27. The van der Waals surface area contributed by atoms with Crippen molar-refractivity contribution in [2.75, 3.05) is 64.2 Å². The van der Waals surface area contributed by atoms with E-state index in [1.54, 1.807) is 30.3 Å². The molecule has 2 fully saturated rings. The minimum Gasteiger partial charge on any atom is -0.495 e. The number of alkyl halides is 4. The van der Waals surface area contributed by atoms with Crippen molar-refractivity contribution < 1.29 is 31.8 Å². The van der Waals surface area contributed by atoms with Crippen molar-refractivity contribution in [3.63, 3.8) is 0 Å². The molecule has 0 bridgehead atoms. The van der Waals surface area contributed by atoms with Gasteiger partial charge in [-0.3, -0.25) is 9.20 Å². The van der Waals surface area contributed by atoms with Gasteiger partial charge in [0.25, 0.3) is 5.91 Å². The van der Waals surface area contributed by atoms with E-state index in [0.717, 1.165) is 13.1 Å². The van der Waals surface area contributed by atoms with Gasteiger partial charge < -0.3 is 30.3 Å². The number of imidazole rings is 1. The van der Waals surface area contributed by atoms with Crippen molar-refractivity contribution in [1.82, 2.24) is 19.6 Å². The Bertz CT molecular complexity index is 1520. The van der Waals surface area contributed by atoms with E-state index < -0.39 is 17.7 Å². The average Bonchev–Trinajstić information content (AvgIpc) is 3.30. The summed E-state index contributed by atoms with van der Waals surface area (Å²) in [5.41, 5.74) is -3.09. The Hall–Kier alpha value is -3.67. The number of pyridine rings is 1. The lowest BCUT2D eigenvalue weighted by atomic mass is 10.0. The van der Waals surface area contributed by atoms with Crippen LogP contribution in [0.15, 0.2) is 41.6 Å². The molecule has 3 N–H and O–H groups in total. The molecule has 0 aliphatic carbocycles. The molecule has 3 aromatic rings. The average molecular weight is 621 g/mol. The molecule has 2 aromatic heterocycles. The Kier molecular flexibility index (Phi) is 9.53. The number of carbonyl (C=O) groups is 1. The van der Waals surface area contributed by atoms with Gasteiger partial charge in [-0.15, -0.1) is 0 Å². The molecule has 5 rings (SSSR count). The van der Waals surface area contributed by atoms with E-state index in [1.165, 1.54) is 17.7 Å². The number of hydrogen-bond acceptors (Lipinski definition) is 8. The summed E-state index contributed by atoms with van der Waals surface area (Å²) in [6, 6.07) is 7.63. The molecule has 2 aliphatic rings. The summed E-state index contributed by atoms with van der Waals surface area (Å²) in [5, 5.41) is 8.91. The van der Waals surface area contributed by atoms with Crippen molar-refractivity contribution in [2.24, 2.45) is 5.92 Å². The lowest BCUT2D eigenvalue weighted by molar-refractivity contribution is -0.0330. The predicted octanol–water partition coefficient (Wildman–Crippen LogP) is 4.25. The number of fused-ring (bicyclic) bond motifs is 1. The maximum absolute atomic E-state index is 14.4. The zero-order valence-electron chi connectivity index (χ0n) is 23.6. The Balaban J connectivity index is 1.33. The van der Waals surface area contributed by atoms with Crippen molar-refractivity contribution in [1.29, 1.82) is 0 Å². The van der Waals surface area contributed by atoms with E-state index in [4.69, 9.17) is 9.47 Å². The summed E-state index contributed by atoms with van der Waals surface area (Å²) in [6.07, 6.45) is 0.618. The van der Waals surface area contributed by atoms with Gasteiger partial charge in [-0.1, -0.05) is 5.92 Å². The fourth-order valence-corrected chi connectivity index (χ4v) is 5.72. The van der Waals surface area contributed by atoms with E-state index in [0.29, 0.717) is 48.2 Å². The number of thioether (sulfide) groups is 1. The molecule has 43 heavy (non-hydrogen) atoms. The van der Waals surface area contributed by atoms with Gasteiger partial charge in [0.1, 0.15) is 22.6 Å². The Morgan fingerprint density at radius 1 is 1.26 bits per heavy atom. The van der Waals surface area contributed by atoms with Crippen molar-refractivity contribution in [3.05, 3.63) is 47.8 Å². The van der Waals surface area contributed by atoms with Crippen LogP contribution in [0.4, 0.5) is 28.9 Å². The summed E-state index contributed by atoms with van der Waals surface area (Å²) in [6.45, 7) is 2.83. The van der Waals surface area contributed by atoms with E-state index in [2.05, 4.69) is 37.7 Å². The van der Waals surface area contributed by atoms with E-state index in [9.17, 15) is 22.4 Å². The van der Waals surface area contributed by atoms with Crippen molar-refractivity contribution in [2.45, 2.75) is 29.2 Å². The molecular formula is C29H32F4N6O3S. The number of halogens is 4. The van der Waals surface area contributed by atoms with E-state index in [1.807, 2.05) is 7.05 Å². The molecule has 0 saturated carbocycles. The Morgan fingerprint density at radius 3 is 2.79 bits per heavy atom. The number of amides is 1. The number of likely N-dealkylation sites (tertiary alicyclic amines) is 1. The fraction of sp³-hybridized carbons (Fsp3) is 0.448. The van der Waals surface area contributed by atoms with Gasteiger partial charge in [0, 0.05) is 55.7 Å². The highest BCUT2D eigenvalue weighted by molar-refractivity contribution is 8.00. The number of methoxy groups -OCH3 is 1. The van der Waals surface area contributed by atoms with Crippen LogP contribution >= 0.6 is 11.8 Å². The normalized spacial score (nSPS) is 19.3. The standard InChI is InChI=1S/C29H32F4N6O3S/c1-38-15-18(16-38)14-35-27(40)19-7-8-25(41-2)24(13-19)34-10-3-5-23-28(43-29(31,32)33)39-11-4-6-22(26(39)37-23)36-21-9-12-42-17-20(21)30/h4,6-8,11,13,18,20-21,34,36H,9-10,12,14-17H2,1-2H3,(H,35,40)/t20-,21+/m0/s1. The van der Waals surface area contributed by atoms with Gasteiger partial charge in [-0.25, -0.2) is 9.37 Å². The van der Waals surface area contributed by atoms with Crippen LogP contribution in [0.5, 0.6) is 5.75 Å². The number of rotatable bonds is 9. The largest absolute Gasteiger partial charge is 0.495 e. The van der Waals surface area contributed by atoms with E-state index >= 15 is 0 Å². The second kappa shape index (κ2) is 13.3. The number of nitrogens with zero attached hydrogens (tertiary/aromatic N) is 3. The first kappa shape index (κ1) is 30.8. The van der Waals surface area contributed by atoms with Gasteiger partial charge in [0.05, 0.1) is 37.7 Å². The summed E-state index contributed by atoms with van der Waals surface area (Å²) >= 11 is -0.315. The molecule has 2 atom stereocenters. The minimum atomic E-state index is -4.58. The van der Waals surface area contributed by atoms with Crippen LogP contribution in [0.1, 0.15) is 22.5 Å². The van der Waals surface area contributed by atoms with Gasteiger partial charge in [0.15, 0.2) is 5.65 Å². The predicted molar refractivity (Wildman–Crippen MR) is 157 cm³/mol. The second-order valence-corrected chi connectivity index (χ2v) is 11.5. The SMILES string of the molecule is COc1ccc(C(=O)NCC2CN(C)C2)cc1NCC#Cc1nc2c(N[C@@H]3CCOC[C@@H]3F)cccn2c1SC(F)(F)F. The van der Waals surface area contributed by atoms with Gasteiger partial charge in [-0.05, 0) is 49.7 Å². The first-order valence-electron chi connectivity index (χ1n) is 13.7. The topological polar surface area (TPSA) is 92.2 Å². The number of benzene rings is 1. The molecule has 1 aromatic carbocycles. The molecule has 0 unspecified atom stereocenters. The number of anilines is 2. The van der Waals surface area contributed by atoms with E-state index in [-0.39, 0.29) is 47.2 Å². The monoisotopic (exact) mass is 620 g/mol. The highest BCUT2D eigenvalue weighted by atomic mass is 32.2. The van der Waals surface area contributed by atoms with Crippen LogP contribution in [0.25, 0.3) is 5.65 Å². The molecule has 2 saturated heterocycles. The fourth-order valence-electron chi connectivity index (χ4n) is 5.06. The van der Waals surface area contributed by atoms with Gasteiger partial charge >= 0.3 is 5.51 Å². The summed E-state index contributed by atoms with van der Waals surface area (Å²) < 4.78 is 66.8. The quantitative estimate of drug-likeness (QED) is 0.186. The number of hydrogen-bond donors (Lipinski definition) is 3. The molecule has 0 spiro atoms. The lowest BCUT2D eigenvalue weighted by Gasteiger charge is -2.36. The summed E-state index contributed by atoms with van der Waals surface area (Å²) in [7, 11) is 3.52. The molecule has 1 amide bonds. The van der Waals surface area contributed by atoms with Gasteiger partial charge in [0.2, 0.25) is 0 Å². The molecular weight excluding hydrogens is 588 g/mol. The molecule has 9 nitrogen and oxygen atoms in total. The van der Waals surface area contributed by atoms with Crippen LogP contribution in [0.2, 0.25) is 0 Å². The van der Waals surface area contributed by atoms with Crippen molar-refractivity contribution >= 4 is 34.7 Å². The maximum Gasteiger partial charge on any atom is 0.447 e. The molecule has 0 radical (unpaired) electrons. The maximum atomic E-state index is 14.4. The van der Waals surface area contributed by atoms with Crippen LogP contribution in [-0.4, -0.2) is 91.5 Å². The lowest BCUT2D eigenvalue weighted by Crippen LogP contribution is -2.49. The van der Waals surface area contributed by atoms with Crippen LogP contribution in [-0.2, 0) is 4.74 Å². The Labute approximate surface area is 250 Å². The zero-order chi connectivity index (χ0) is 30.6. The minimum absolute atomic E-state index is 0.0382. The van der Waals surface area contributed by atoms with Crippen LogP contribution in [0, 0.1) is 17.8 Å². The third kappa shape index (κ3) is 7.65. The third-order valence-electron chi connectivity index (χ3n) is 7.17. The first-order valence-corrected chi connectivity index (χ1v) is 14.6.